The zero-order valence-electron chi connectivity index (χ0n) is 13.8. The number of hydrogen-bond donors (Lipinski definition) is 1. The Morgan fingerprint density at radius 1 is 1.07 bits per heavy atom. The van der Waals surface area contributed by atoms with Crippen LogP contribution in [0, 0.1) is 17.5 Å². The van der Waals surface area contributed by atoms with E-state index in [1.807, 2.05) is 0 Å². The van der Waals surface area contributed by atoms with Gasteiger partial charge < -0.3 is 5.73 Å². The van der Waals surface area contributed by atoms with Gasteiger partial charge in [0, 0.05) is 11.8 Å². The third kappa shape index (κ3) is 4.80. The van der Waals surface area contributed by atoms with Crippen LogP contribution in [-0.4, -0.2) is 31.2 Å². The Hall–Kier alpha value is -2.63. The van der Waals surface area contributed by atoms with Crippen molar-refractivity contribution >= 4 is 15.7 Å². The van der Waals surface area contributed by atoms with E-state index in [9.17, 15) is 39.6 Å². The number of aromatic nitrogens is 1. The average Bonchev–Trinajstić information content (AvgIpc) is 2.60. The summed E-state index contributed by atoms with van der Waals surface area (Å²) in [5.41, 5.74) is 2.92. The van der Waals surface area contributed by atoms with Crippen molar-refractivity contribution in [2.24, 2.45) is 5.73 Å². The van der Waals surface area contributed by atoms with Gasteiger partial charge in [-0.25, -0.2) is 21.6 Å². The van der Waals surface area contributed by atoms with E-state index in [0.29, 0.717) is 12.1 Å². The molecule has 12 heteroatoms. The molecule has 1 atom stereocenters. The summed E-state index contributed by atoms with van der Waals surface area (Å²) in [6, 6.07) is 2.69. The van der Waals surface area contributed by atoms with Crippen LogP contribution < -0.4 is 5.73 Å². The molecular formula is C16H12F6N2O3S. The van der Waals surface area contributed by atoms with Gasteiger partial charge in [0.1, 0.15) is 16.8 Å². The normalized spacial score (nSPS) is 13.4. The number of carbonyl (C=O) groups excluding carboxylic acids is 1. The Bertz CT molecular complexity index is 991. The molecule has 5 nitrogen and oxygen atoms in total. The molecule has 1 aromatic carbocycles. The largest absolute Gasteiger partial charge is 0.390 e. The van der Waals surface area contributed by atoms with Crippen molar-refractivity contribution in [3.8, 4) is 0 Å². The van der Waals surface area contributed by atoms with E-state index < -0.39 is 67.9 Å². The molecule has 28 heavy (non-hydrogen) atoms. The molecule has 0 spiro atoms. The molecule has 2 aromatic rings. The summed E-state index contributed by atoms with van der Waals surface area (Å²) >= 11 is 0. The number of halogens is 6. The van der Waals surface area contributed by atoms with E-state index in [1.165, 1.54) is 0 Å². The number of benzene rings is 1. The molecule has 1 heterocycles. The van der Waals surface area contributed by atoms with Gasteiger partial charge in [-0.15, -0.1) is 0 Å². The molecule has 0 aliphatic carbocycles. The molecule has 0 saturated heterocycles. The Labute approximate surface area is 155 Å². The molecule has 152 valence electrons. The molecule has 0 fully saturated rings. The monoisotopic (exact) mass is 426 g/mol. The molecule has 0 aliphatic rings. The molecule has 2 N–H and O–H groups in total. The highest BCUT2D eigenvalue weighted by molar-refractivity contribution is 7.91. The van der Waals surface area contributed by atoms with Crippen LogP contribution in [-0.2, 0) is 9.84 Å². The van der Waals surface area contributed by atoms with Gasteiger partial charge in [0.25, 0.3) is 5.91 Å². The summed E-state index contributed by atoms with van der Waals surface area (Å²) in [4.78, 5) is 14.6. The lowest BCUT2D eigenvalue weighted by molar-refractivity contribution is -0.129. The minimum Gasteiger partial charge on any atom is -0.364 e. The number of nitrogens with two attached hydrogens (primary N) is 1. The fourth-order valence-electron chi connectivity index (χ4n) is 2.42. The Kier molecular flexibility index (Phi) is 6.02. The number of carbonyl (C=O) groups is 1. The van der Waals surface area contributed by atoms with Gasteiger partial charge >= 0.3 is 6.18 Å². The Morgan fingerprint density at radius 3 is 2.18 bits per heavy atom. The number of primary amides is 1. The fourth-order valence-corrected chi connectivity index (χ4v) is 4.30. The van der Waals surface area contributed by atoms with Gasteiger partial charge in [-0.3, -0.25) is 9.78 Å². The second kappa shape index (κ2) is 7.78. The molecule has 0 bridgehead atoms. The maximum absolute atomic E-state index is 14.2. The fraction of sp³-hybridized carbons (Fsp3) is 0.250. The highest BCUT2D eigenvalue weighted by atomic mass is 32.2. The van der Waals surface area contributed by atoms with Gasteiger partial charge in [0.15, 0.2) is 21.5 Å². The summed E-state index contributed by atoms with van der Waals surface area (Å²) in [7, 11) is -4.88. The van der Waals surface area contributed by atoms with E-state index in [1.54, 1.807) is 0 Å². The van der Waals surface area contributed by atoms with E-state index in [4.69, 9.17) is 5.73 Å². The third-order valence-electron chi connectivity index (χ3n) is 3.71. The van der Waals surface area contributed by atoms with Gasteiger partial charge in [-0.2, -0.15) is 13.2 Å². The summed E-state index contributed by atoms with van der Waals surface area (Å²) in [5.74, 6) is -7.42. The van der Waals surface area contributed by atoms with Gasteiger partial charge in [-0.05, 0) is 23.8 Å². The molecule has 2 rings (SSSR count). The van der Waals surface area contributed by atoms with E-state index in [-0.39, 0.29) is 5.69 Å². The first-order valence-corrected chi connectivity index (χ1v) is 9.22. The minimum absolute atomic E-state index is 0.324. The third-order valence-corrected chi connectivity index (χ3v) is 5.71. The first-order chi connectivity index (χ1) is 12.8. The van der Waals surface area contributed by atoms with Crippen molar-refractivity contribution in [1.29, 1.82) is 0 Å². The molecule has 0 radical (unpaired) electrons. The summed E-state index contributed by atoms with van der Waals surface area (Å²) < 4.78 is 105. The zero-order valence-corrected chi connectivity index (χ0v) is 14.6. The average molecular weight is 426 g/mol. The van der Waals surface area contributed by atoms with Gasteiger partial charge in [0.05, 0.1) is 12.2 Å². The van der Waals surface area contributed by atoms with Gasteiger partial charge in [0.2, 0.25) is 0 Å². The second-order valence-corrected chi connectivity index (χ2v) is 7.92. The molecule has 1 amide bonds. The van der Waals surface area contributed by atoms with E-state index in [0.717, 1.165) is 18.3 Å². The van der Waals surface area contributed by atoms with Crippen molar-refractivity contribution in [3.05, 3.63) is 64.7 Å². The molecule has 1 aromatic heterocycles. The topological polar surface area (TPSA) is 90.1 Å². The molecule has 0 saturated carbocycles. The maximum Gasteiger partial charge on any atom is 0.390 e. The van der Waals surface area contributed by atoms with Crippen molar-refractivity contribution in [1.82, 2.24) is 4.98 Å². The van der Waals surface area contributed by atoms with Crippen LogP contribution in [0.3, 0.4) is 0 Å². The van der Waals surface area contributed by atoms with Gasteiger partial charge in [-0.1, -0.05) is 6.07 Å². The first-order valence-electron chi connectivity index (χ1n) is 7.51. The van der Waals surface area contributed by atoms with Crippen LogP contribution in [0.5, 0.6) is 0 Å². The maximum atomic E-state index is 14.2. The van der Waals surface area contributed by atoms with Crippen molar-refractivity contribution in [2.75, 3.05) is 5.75 Å². The van der Waals surface area contributed by atoms with Crippen LogP contribution in [0.2, 0.25) is 0 Å². The van der Waals surface area contributed by atoms with Crippen LogP contribution in [0.25, 0.3) is 0 Å². The van der Waals surface area contributed by atoms with Crippen LogP contribution in [0.4, 0.5) is 26.3 Å². The zero-order chi connectivity index (χ0) is 21.3. The highest BCUT2D eigenvalue weighted by Crippen LogP contribution is 2.36. The molecule has 1 unspecified atom stereocenters. The van der Waals surface area contributed by atoms with Crippen molar-refractivity contribution < 1.29 is 39.6 Å². The first kappa shape index (κ1) is 21.7. The lowest BCUT2D eigenvalue weighted by atomic mass is 10.0. The minimum atomic E-state index is -4.88. The van der Waals surface area contributed by atoms with E-state index in [2.05, 4.69) is 4.98 Å². The quantitative estimate of drug-likeness (QED) is 0.568. The number of alkyl halides is 3. The molecular weight excluding hydrogens is 414 g/mol. The number of hydrogen-bond acceptors (Lipinski definition) is 4. The summed E-state index contributed by atoms with van der Waals surface area (Å²) in [5, 5.41) is -2.32. The highest BCUT2D eigenvalue weighted by Gasteiger charge is 2.38. The number of rotatable bonds is 6. The van der Waals surface area contributed by atoms with Crippen LogP contribution in [0.1, 0.15) is 33.3 Å². The smallest absolute Gasteiger partial charge is 0.364 e. The molecule has 0 aliphatic heterocycles. The lowest BCUT2D eigenvalue weighted by Crippen LogP contribution is -2.24. The number of pyridine rings is 1. The SMILES string of the molecule is NC(=O)c1ccc(C(c2c(F)ccc(F)c2F)S(=O)(=O)CCC(F)(F)F)cn1. The second-order valence-electron chi connectivity index (χ2n) is 5.71. The van der Waals surface area contributed by atoms with Crippen LogP contribution in [0.15, 0.2) is 30.5 Å². The number of sulfone groups is 1. The van der Waals surface area contributed by atoms with Crippen molar-refractivity contribution in [2.45, 2.75) is 17.8 Å². The summed E-state index contributed by atoms with van der Waals surface area (Å²) in [6.07, 6.45) is -5.92. The lowest BCUT2D eigenvalue weighted by Gasteiger charge is -2.20. The van der Waals surface area contributed by atoms with Crippen LogP contribution >= 0.6 is 0 Å². The standard InChI is InChI=1S/C16H12F6N2O3S/c17-9-2-3-10(18)13(19)12(9)14(28(26,27)6-5-16(20,21)22)8-1-4-11(15(23)25)24-7-8/h1-4,7,14H,5-6H2,(H2,23,25). The van der Waals surface area contributed by atoms with Crippen molar-refractivity contribution in [3.63, 3.8) is 0 Å². The Balaban J connectivity index is 2.66. The number of nitrogens with zero attached hydrogens (tertiary/aromatic N) is 1. The Morgan fingerprint density at radius 2 is 1.68 bits per heavy atom. The predicted molar refractivity (Wildman–Crippen MR) is 85.4 cm³/mol. The predicted octanol–water partition coefficient (Wildman–Crippen LogP) is 3.05. The van der Waals surface area contributed by atoms with E-state index >= 15 is 0 Å². The summed E-state index contributed by atoms with van der Waals surface area (Å²) in [6.45, 7) is 0. The number of amides is 1.